The van der Waals surface area contributed by atoms with Gasteiger partial charge in [0.15, 0.2) is 11.5 Å². The van der Waals surface area contributed by atoms with Crippen molar-refractivity contribution in [2.45, 2.75) is 24.6 Å². The highest BCUT2D eigenvalue weighted by molar-refractivity contribution is 5.94. The van der Waals surface area contributed by atoms with Gasteiger partial charge in [0, 0.05) is 12.1 Å². The van der Waals surface area contributed by atoms with Crippen molar-refractivity contribution in [3.05, 3.63) is 59.7 Å². The second-order valence-electron chi connectivity index (χ2n) is 6.11. The molecule has 0 saturated heterocycles. The topological polar surface area (TPSA) is 59.6 Å². The fraction of sp³-hybridized carbons (Fsp3) is 0.278. The van der Waals surface area contributed by atoms with Crippen LogP contribution in [0.1, 0.15) is 15.9 Å². The van der Waals surface area contributed by atoms with Crippen LogP contribution in [0.3, 0.4) is 0 Å². The van der Waals surface area contributed by atoms with Gasteiger partial charge in [0.1, 0.15) is 0 Å². The molecule has 11 heteroatoms. The molecule has 1 aliphatic rings. The highest BCUT2D eigenvalue weighted by Crippen LogP contribution is 2.42. The molecule has 1 heterocycles. The molecule has 0 radical (unpaired) electrons. The van der Waals surface area contributed by atoms with E-state index in [1.165, 1.54) is 41.7 Å². The first-order chi connectivity index (χ1) is 13.5. The number of hydrogen-bond acceptors (Lipinski definition) is 4. The number of fused-ring (bicyclic) bond motifs is 1. The van der Waals surface area contributed by atoms with Crippen LogP contribution in [-0.2, 0) is 6.54 Å². The molecule has 0 spiro atoms. The van der Waals surface area contributed by atoms with Crippen molar-refractivity contribution in [2.75, 3.05) is 6.79 Å². The van der Waals surface area contributed by atoms with E-state index < -0.39 is 30.5 Å². The van der Waals surface area contributed by atoms with E-state index in [4.69, 9.17) is 9.47 Å². The van der Waals surface area contributed by atoms with Gasteiger partial charge < -0.3 is 14.8 Å². The van der Waals surface area contributed by atoms with E-state index in [9.17, 15) is 31.1 Å². The summed E-state index contributed by atoms with van der Waals surface area (Å²) in [5, 5.41) is 2.54. The minimum Gasteiger partial charge on any atom is -0.454 e. The van der Waals surface area contributed by atoms with Crippen molar-refractivity contribution in [1.82, 2.24) is 10.6 Å². The lowest BCUT2D eigenvalue weighted by molar-refractivity contribution is -0.314. The molecule has 5 nitrogen and oxygen atoms in total. The van der Waals surface area contributed by atoms with E-state index in [1.807, 2.05) is 0 Å². The van der Waals surface area contributed by atoms with Crippen molar-refractivity contribution in [1.29, 1.82) is 0 Å². The summed E-state index contributed by atoms with van der Waals surface area (Å²) < 4.78 is 91.9. The summed E-state index contributed by atoms with van der Waals surface area (Å²) in [4.78, 5) is 12.1. The molecule has 3 rings (SSSR count). The van der Waals surface area contributed by atoms with Crippen molar-refractivity contribution >= 4 is 5.91 Å². The zero-order valence-corrected chi connectivity index (χ0v) is 14.5. The van der Waals surface area contributed by atoms with Gasteiger partial charge in [0.05, 0.1) is 0 Å². The molecule has 156 valence electrons. The lowest BCUT2D eigenvalue weighted by Crippen LogP contribution is -2.75. The molecule has 2 aromatic rings. The SMILES string of the molecule is O=C(NC(NCc1ccc2c(c1)OCO2)(C(F)(F)F)C(F)(F)F)c1ccccc1. The Bertz CT molecular complexity index is 869. The summed E-state index contributed by atoms with van der Waals surface area (Å²) in [6.45, 7) is -0.959. The van der Waals surface area contributed by atoms with E-state index in [0.717, 1.165) is 17.4 Å². The van der Waals surface area contributed by atoms with Crippen LogP contribution in [0.25, 0.3) is 0 Å². The lowest BCUT2D eigenvalue weighted by Gasteiger charge is -2.38. The van der Waals surface area contributed by atoms with Crippen LogP contribution in [0.4, 0.5) is 26.3 Å². The van der Waals surface area contributed by atoms with Gasteiger partial charge in [0.25, 0.3) is 11.6 Å². The maximum Gasteiger partial charge on any atom is 0.434 e. The smallest absolute Gasteiger partial charge is 0.434 e. The van der Waals surface area contributed by atoms with Crippen LogP contribution in [0.5, 0.6) is 11.5 Å². The standard InChI is InChI=1S/C18H14F6N2O3/c19-17(20,21)16(18(22,23)24,26-15(27)12-4-2-1-3-5-12)25-9-11-6-7-13-14(8-11)29-10-28-13/h1-8,25H,9-10H2,(H,26,27). The third kappa shape index (κ3) is 4.09. The van der Waals surface area contributed by atoms with Crippen LogP contribution in [0, 0.1) is 0 Å². The highest BCUT2D eigenvalue weighted by atomic mass is 19.4. The molecule has 0 bridgehead atoms. The summed E-state index contributed by atoms with van der Waals surface area (Å²) in [7, 11) is 0. The molecular weight excluding hydrogens is 406 g/mol. The molecule has 0 aromatic heterocycles. The summed E-state index contributed by atoms with van der Waals surface area (Å²) >= 11 is 0. The molecule has 2 aromatic carbocycles. The lowest BCUT2D eigenvalue weighted by atomic mass is 10.1. The average Bonchev–Trinajstić information content (AvgIpc) is 3.11. The Hall–Kier alpha value is -2.95. The van der Waals surface area contributed by atoms with Crippen molar-refractivity contribution in [3.8, 4) is 11.5 Å². The maximum atomic E-state index is 13.6. The van der Waals surface area contributed by atoms with E-state index in [0.29, 0.717) is 5.75 Å². The zero-order chi connectivity index (χ0) is 21.3. The Morgan fingerprint density at radius 3 is 2.14 bits per heavy atom. The van der Waals surface area contributed by atoms with E-state index in [2.05, 4.69) is 0 Å². The molecule has 0 saturated carbocycles. The van der Waals surface area contributed by atoms with E-state index in [-0.39, 0.29) is 23.7 Å². The molecule has 1 aliphatic heterocycles. The fourth-order valence-corrected chi connectivity index (χ4v) is 2.66. The van der Waals surface area contributed by atoms with Crippen LogP contribution in [-0.4, -0.2) is 30.7 Å². The molecule has 0 atom stereocenters. The molecule has 0 aliphatic carbocycles. The Balaban J connectivity index is 1.91. The molecule has 2 N–H and O–H groups in total. The van der Waals surface area contributed by atoms with E-state index in [1.54, 1.807) is 0 Å². The number of alkyl halides is 6. The molecule has 0 fully saturated rings. The number of rotatable bonds is 5. The van der Waals surface area contributed by atoms with Gasteiger partial charge >= 0.3 is 12.4 Å². The third-order valence-electron chi connectivity index (χ3n) is 4.18. The predicted molar refractivity (Wildman–Crippen MR) is 88.2 cm³/mol. The summed E-state index contributed by atoms with van der Waals surface area (Å²) in [5.41, 5.74) is -4.94. The van der Waals surface area contributed by atoms with Crippen molar-refractivity contribution < 1.29 is 40.6 Å². The monoisotopic (exact) mass is 420 g/mol. The van der Waals surface area contributed by atoms with Gasteiger partial charge in [-0.15, -0.1) is 0 Å². The normalized spacial score (nSPS) is 14.0. The van der Waals surface area contributed by atoms with Crippen LogP contribution >= 0.6 is 0 Å². The number of nitrogens with one attached hydrogen (secondary N) is 2. The molecule has 0 unspecified atom stereocenters. The maximum absolute atomic E-state index is 13.6. The van der Waals surface area contributed by atoms with Gasteiger partial charge in [-0.1, -0.05) is 24.3 Å². The second kappa shape index (κ2) is 7.47. The number of ether oxygens (including phenoxy) is 2. The summed E-state index contributed by atoms with van der Waals surface area (Å²) in [5.74, 6) is -1.01. The fourth-order valence-electron chi connectivity index (χ4n) is 2.66. The number of halogens is 6. The Labute approximate surface area is 160 Å². The first kappa shape index (κ1) is 20.8. The van der Waals surface area contributed by atoms with Gasteiger partial charge in [-0.05, 0) is 29.8 Å². The van der Waals surface area contributed by atoms with Crippen molar-refractivity contribution in [3.63, 3.8) is 0 Å². The van der Waals surface area contributed by atoms with Crippen LogP contribution in [0.15, 0.2) is 48.5 Å². The van der Waals surface area contributed by atoms with Crippen LogP contribution in [0.2, 0.25) is 0 Å². The third-order valence-corrected chi connectivity index (χ3v) is 4.18. The van der Waals surface area contributed by atoms with Crippen molar-refractivity contribution in [2.24, 2.45) is 0 Å². The number of benzene rings is 2. The van der Waals surface area contributed by atoms with E-state index >= 15 is 0 Å². The zero-order valence-electron chi connectivity index (χ0n) is 14.5. The Morgan fingerprint density at radius 2 is 1.52 bits per heavy atom. The minimum atomic E-state index is -5.88. The van der Waals surface area contributed by atoms with Gasteiger partial charge in [0.2, 0.25) is 6.79 Å². The molecular formula is C18H14F6N2O3. The van der Waals surface area contributed by atoms with Gasteiger partial charge in [-0.25, -0.2) is 0 Å². The summed E-state index contributed by atoms with van der Waals surface area (Å²) in [6.07, 6.45) is -11.8. The number of carbonyl (C=O) groups excluding carboxylic acids is 1. The Kier molecular flexibility index (Phi) is 5.35. The van der Waals surface area contributed by atoms with Crippen LogP contribution < -0.4 is 20.1 Å². The molecule has 1 amide bonds. The quantitative estimate of drug-likeness (QED) is 0.572. The number of hydrogen-bond donors (Lipinski definition) is 2. The minimum absolute atomic E-state index is 0.0704. The first-order valence-electron chi connectivity index (χ1n) is 8.18. The Morgan fingerprint density at radius 1 is 0.897 bits per heavy atom. The van der Waals surface area contributed by atoms with Gasteiger partial charge in [-0.2, -0.15) is 26.3 Å². The first-order valence-corrected chi connectivity index (χ1v) is 8.18. The number of amides is 1. The average molecular weight is 420 g/mol. The largest absolute Gasteiger partial charge is 0.454 e. The number of carbonyl (C=O) groups is 1. The predicted octanol–water partition coefficient (Wildman–Crippen LogP) is 3.76. The summed E-state index contributed by atoms with van der Waals surface area (Å²) in [6, 6.07) is 10.2. The van der Waals surface area contributed by atoms with Gasteiger partial charge in [-0.3, -0.25) is 10.1 Å². The second-order valence-corrected chi connectivity index (χ2v) is 6.11. The highest BCUT2D eigenvalue weighted by Gasteiger charge is 2.72. The molecule has 29 heavy (non-hydrogen) atoms.